The second-order valence-electron chi connectivity index (χ2n) is 5.39. The monoisotopic (exact) mass is 321 g/mol. The van der Waals surface area contributed by atoms with Gasteiger partial charge in [-0.1, -0.05) is 53.0 Å². The van der Waals surface area contributed by atoms with Crippen LogP contribution in [0.15, 0.2) is 24.3 Å². The third-order valence-corrected chi connectivity index (χ3v) is 4.34. The van der Waals surface area contributed by atoms with E-state index in [1.807, 2.05) is 31.2 Å². The highest BCUT2D eigenvalue weighted by Gasteiger charge is 2.18. The molecule has 0 atom stereocenters. The minimum Gasteiger partial charge on any atom is -0.341 e. The van der Waals surface area contributed by atoms with Gasteiger partial charge in [-0.2, -0.15) is 0 Å². The fourth-order valence-electron chi connectivity index (χ4n) is 2.59. The summed E-state index contributed by atoms with van der Waals surface area (Å²) in [5, 5.41) is 0.832. The number of hydrogen-bond acceptors (Lipinski definition) is 3. The first-order chi connectivity index (χ1) is 10.1. The van der Waals surface area contributed by atoms with Gasteiger partial charge in [-0.25, -0.2) is 9.97 Å². The number of aryl methyl sites for hydroxylation is 1. The Balaban J connectivity index is 1.97. The van der Waals surface area contributed by atoms with Gasteiger partial charge in [0.15, 0.2) is 0 Å². The molecule has 0 aliphatic carbocycles. The van der Waals surface area contributed by atoms with Crippen LogP contribution in [0.1, 0.15) is 24.8 Å². The normalized spacial score (nSPS) is 15.3. The molecule has 0 radical (unpaired) electrons. The molecule has 2 aromatic rings. The molecule has 1 aromatic carbocycles. The zero-order chi connectivity index (χ0) is 14.8. The van der Waals surface area contributed by atoms with Crippen LogP contribution >= 0.6 is 23.2 Å². The Labute approximate surface area is 134 Å². The highest BCUT2D eigenvalue weighted by molar-refractivity contribution is 6.37. The van der Waals surface area contributed by atoms with Gasteiger partial charge in [0, 0.05) is 13.1 Å². The predicted octanol–water partition coefficient (Wildman–Crippen LogP) is 4.75. The van der Waals surface area contributed by atoms with E-state index in [4.69, 9.17) is 23.2 Å². The minimum atomic E-state index is 0.416. The maximum Gasteiger partial charge on any atom is 0.228 e. The van der Waals surface area contributed by atoms with Crippen LogP contribution in [-0.4, -0.2) is 23.1 Å². The lowest BCUT2D eigenvalue weighted by molar-refractivity contribution is 0.568. The average Bonchev–Trinajstić information content (AvgIpc) is 2.49. The van der Waals surface area contributed by atoms with Gasteiger partial charge in [0.25, 0.3) is 0 Å². The van der Waals surface area contributed by atoms with Crippen molar-refractivity contribution in [1.29, 1.82) is 0 Å². The Morgan fingerprint density at radius 1 is 0.905 bits per heavy atom. The lowest BCUT2D eigenvalue weighted by atomic mass is 10.1. The van der Waals surface area contributed by atoms with Crippen molar-refractivity contribution in [3.8, 4) is 11.1 Å². The first kappa shape index (κ1) is 14.6. The van der Waals surface area contributed by atoms with Crippen LogP contribution in [0.3, 0.4) is 0 Å². The Hall–Kier alpha value is -1.32. The molecular weight excluding hydrogens is 305 g/mol. The van der Waals surface area contributed by atoms with Crippen molar-refractivity contribution < 1.29 is 0 Å². The molecule has 0 saturated carbocycles. The van der Waals surface area contributed by atoms with E-state index in [0.717, 1.165) is 31.5 Å². The van der Waals surface area contributed by atoms with E-state index >= 15 is 0 Å². The Morgan fingerprint density at radius 2 is 1.48 bits per heavy atom. The Morgan fingerprint density at radius 3 is 2.05 bits per heavy atom. The second-order valence-corrected chi connectivity index (χ2v) is 6.11. The van der Waals surface area contributed by atoms with Gasteiger partial charge in [0.1, 0.15) is 10.3 Å². The summed E-state index contributed by atoms with van der Waals surface area (Å²) in [5.74, 6) is 0.639. The summed E-state index contributed by atoms with van der Waals surface area (Å²) >= 11 is 12.7. The lowest BCUT2D eigenvalue weighted by Gasteiger charge is -2.27. The number of hydrogen-bond donors (Lipinski definition) is 0. The Bertz CT molecular complexity index is 611. The van der Waals surface area contributed by atoms with Gasteiger partial charge in [-0.15, -0.1) is 0 Å². The lowest BCUT2D eigenvalue weighted by Crippen LogP contribution is -2.31. The molecule has 1 fully saturated rings. The van der Waals surface area contributed by atoms with E-state index in [-0.39, 0.29) is 0 Å². The van der Waals surface area contributed by atoms with E-state index in [1.54, 1.807) is 0 Å². The highest BCUT2D eigenvalue weighted by atomic mass is 35.5. The van der Waals surface area contributed by atoms with Crippen molar-refractivity contribution in [3.63, 3.8) is 0 Å². The molecule has 0 spiro atoms. The largest absolute Gasteiger partial charge is 0.341 e. The molecule has 21 heavy (non-hydrogen) atoms. The SMILES string of the molecule is Cc1ccc(-c2c(Cl)nc(N3CCCCC3)nc2Cl)cc1. The number of aromatic nitrogens is 2. The summed E-state index contributed by atoms with van der Waals surface area (Å²) < 4.78 is 0. The summed E-state index contributed by atoms with van der Waals surface area (Å²) in [7, 11) is 0. The maximum absolute atomic E-state index is 6.37. The molecule has 1 aromatic heterocycles. The minimum absolute atomic E-state index is 0.416. The van der Waals surface area contributed by atoms with Gasteiger partial charge in [0.2, 0.25) is 5.95 Å². The van der Waals surface area contributed by atoms with Crippen molar-refractivity contribution in [1.82, 2.24) is 9.97 Å². The molecule has 1 saturated heterocycles. The topological polar surface area (TPSA) is 29.0 Å². The molecule has 5 heteroatoms. The highest BCUT2D eigenvalue weighted by Crippen LogP contribution is 2.34. The third kappa shape index (κ3) is 3.14. The van der Waals surface area contributed by atoms with Crippen LogP contribution in [0.4, 0.5) is 5.95 Å². The molecule has 3 nitrogen and oxygen atoms in total. The molecule has 0 N–H and O–H groups in total. The fourth-order valence-corrected chi connectivity index (χ4v) is 3.19. The van der Waals surface area contributed by atoms with Gasteiger partial charge < -0.3 is 4.90 Å². The molecule has 0 unspecified atom stereocenters. The van der Waals surface area contributed by atoms with Gasteiger partial charge >= 0.3 is 0 Å². The summed E-state index contributed by atoms with van der Waals surface area (Å²) in [6, 6.07) is 8.04. The molecule has 110 valence electrons. The van der Waals surface area contributed by atoms with Crippen LogP contribution in [0.25, 0.3) is 11.1 Å². The van der Waals surface area contributed by atoms with Crippen molar-refractivity contribution in [2.45, 2.75) is 26.2 Å². The molecular formula is C16H17Cl2N3. The van der Waals surface area contributed by atoms with Gasteiger partial charge in [-0.05, 0) is 31.7 Å². The number of piperidine rings is 1. The smallest absolute Gasteiger partial charge is 0.228 e. The molecule has 0 amide bonds. The van der Waals surface area contributed by atoms with Crippen molar-refractivity contribution in [2.24, 2.45) is 0 Å². The fraction of sp³-hybridized carbons (Fsp3) is 0.375. The zero-order valence-corrected chi connectivity index (χ0v) is 13.5. The van der Waals surface area contributed by atoms with E-state index in [1.165, 1.54) is 12.0 Å². The van der Waals surface area contributed by atoms with Crippen molar-refractivity contribution in [3.05, 3.63) is 40.1 Å². The van der Waals surface area contributed by atoms with Crippen LogP contribution in [0.2, 0.25) is 10.3 Å². The first-order valence-electron chi connectivity index (χ1n) is 7.20. The first-order valence-corrected chi connectivity index (χ1v) is 7.96. The van der Waals surface area contributed by atoms with E-state index in [2.05, 4.69) is 14.9 Å². The number of halogens is 2. The average molecular weight is 322 g/mol. The van der Waals surface area contributed by atoms with Crippen LogP contribution < -0.4 is 4.90 Å². The predicted molar refractivity (Wildman–Crippen MR) is 88.3 cm³/mol. The second kappa shape index (κ2) is 6.20. The number of anilines is 1. The van der Waals surface area contributed by atoms with Gasteiger partial charge in [-0.3, -0.25) is 0 Å². The molecule has 2 heterocycles. The Kier molecular flexibility index (Phi) is 4.32. The maximum atomic E-state index is 6.37. The molecule has 3 rings (SSSR count). The summed E-state index contributed by atoms with van der Waals surface area (Å²) in [6.07, 6.45) is 3.59. The number of rotatable bonds is 2. The third-order valence-electron chi connectivity index (χ3n) is 3.79. The number of nitrogens with zero attached hydrogens (tertiary/aromatic N) is 3. The quantitative estimate of drug-likeness (QED) is 0.747. The number of benzene rings is 1. The van der Waals surface area contributed by atoms with Crippen LogP contribution in [0.5, 0.6) is 0 Å². The summed E-state index contributed by atoms with van der Waals surface area (Å²) in [5.41, 5.74) is 2.84. The summed E-state index contributed by atoms with van der Waals surface area (Å²) in [6.45, 7) is 3.98. The van der Waals surface area contributed by atoms with E-state index in [0.29, 0.717) is 21.8 Å². The molecule has 1 aliphatic rings. The van der Waals surface area contributed by atoms with Crippen LogP contribution in [-0.2, 0) is 0 Å². The van der Waals surface area contributed by atoms with E-state index < -0.39 is 0 Å². The molecule has 0 bridgehead atoms. The van der Waals surface area contributed by atoms with Crippen molar-refractivity contribution >= 4 is 29.2 Å². The van der Waals surface area contributed by atoms with Crippen LogP contribution in [0, 0.1) is 6.92 Å². The zero-order valence-electron chi connectivity index (χ0n) is 11.9. The standard InChI is InChI=1S/C16H17Cl2N3/c1-11-5-7-12(8-6-11)13-14(17)19-16(20-15(13)18)21-9-3-2-4-10-21/h5-8H,2-4,9-10H2,1H3. The van der Waals surface area contributed by atoms with Crippen molar-refractivity contribution in [2.75, 3.05) is 18.0 Å². The molecule has 1 aliphatic heterocycles. The van der Waals surface area contributed by atoms with Gasteiger partial charge in [0.05, 0.1) is 5.56 Å². The van der Waals surface area contributed by atoms with E-state index in [9.17, 15) is 0 Å². The summed E-state index contributed by atoms with van der Waals surface area (Å²) in [4.78, 5) is 11.1.